The maximum Gasteiger partial charge on any atom is 0.258 e. The van der Waals surface area contributed by atoms with Gasteiger partial charge in [-0.05, 0) is 50.5 Å². The fourth-order valence-electron chi connectivity index (χ4n) is 1.70. The molecule has 1 aromatic rings. The Kier molecular flexibility index (Phi) is 6.72. The summed E-state index contributed by atoms with van der Waals surface area (Å²) in [4.78, 5) is 23.4. The highest BCUT2D eigenvalue weighted by molar-refractivity contribution is 5.87. The lowest BCUT2D eigenvalue weighted by Crippen LogP contribution is -2.46. The van der Waals surface area contributed by atoms with Gasteiger partial charge in [0.2, 0.25) is 5.91 Å². The molecule has 0 fully saturated rings. The highest BCUT2D eigenvalue weighted by atomic mass is 16.5. The van der Waals surface area contributed by atoms with Crippen LogP contribution in [0.1, 0.15) is 31.4 Å². The molecule has 0 aliphatic carbocycles. The Bertz CT molecular complexity index is 500. The van der Waals surface area contributed by atoms with Gasteiger partial charge in [-0.3, -0.25) is 9.59 Å². The largest absolute Gasteiger partial charge is 0.484 e. The van der Waals surface area contributed by atoms with Gasteiger partial charge in [0.25, 0.3) is 5.91 Å². The van der Waals surface area contributed by atoms with Gasteiger partial charge in [0.1, 0.15) is 11.8 Å². The Balaban J connectivity index is 2.39. The van der Waals surface area contributed by atoms with Gasteiger partial charge in [0.05, 0.1) is 0 Å². The minimum absolute atomic E-state index is 0.103. The van der Waals surface area contributed by atoms with Crippen molar-refractivity contribution in [2.45, 2.75) is 40.2 Å². The molecule has 5 heteroatoms. The highest BCUT2D eigenvalue weighted by Gasteiger charge is 2.15. The molecular formula is C16H24N2O3. The topological polar surface area (TPSA) is 67.4 Å². The van der Waals surface area contributed by atoms with Gasteiger partial charge in [-0.25, -0.2) is 0 Å². The van der Waals surface area contributed by atoms with E-state index < -0.39 is 6.04 Å². The minimum Gasteiger partial charge on any atom is -0.484 e. The third kappa shape index (κ3) is 5.85. The molecule has 0 saturated carbocycles. The second kappa shape index (κ2) is 8.29. The number of hydrogen-bond donors (Lipinski definition) is 2. The Morgan fingerprint density at radius 2 is 1.95 bits per heavy atom. The predicted molar refractivity (Wildman–Crippen MR) is 82.3 cm³/mol. The van der Waals surface area contributed by atoms with Gasteiger partial charge in [-0.1, -0.05) is 13.0 Å². The average Bonchev–Trinajstić information content (AvgIpc) is 2.45. The molecule has 0 aromatic heterocycles. The lowest BCUT2D eigenvalue weighted by Gasteiger charge is -2.14. The maximum absolute atomic E-state index is 11.7. The molecule has 0 saturated heterocycles. The van der Waals surface area contributed by atoms with E-state index in [0.717, 1.165) is 12.0 Å². The van der Waals surface area contributed by atoms with Crippen LogP contribution < -0.4 is 15.4 Å². The van der Waals surface area contributed by atoms with Crippen molar-refractivity contribution in [2.24, 2.45) is 0 Å². The molecule has 2 N–H and O–H groups in total. The summed E-state index contributed by atoms with van der Waals surface area (Å²) in [6.45, 7) is 8.14. The van der Waals surface area contributed by atoms with Crippen LogP contribution in [-0.2, 0) is 9.59 Å². The van der Waals surface area contributed by atoms with E-state index in [-0.39, 0.29) is 18.4 Å². The Labute approximate surface area is 126 Å². The first-order valence-electron chi connectivity index (χ1n) is 7.21. The van der Waals surface area contributed by atoms with Crippen LogP contribution in [0, 0.1) is 13.8 Å². The third-order valence-electron chi connectivity index (χ3n) is 3.17. The van der Waals surface area contributed by atoms with Gasteiger partial charge >= 0.3 is 0 Å². The minimum atomic E-state index is -0.563. The van der Waals surface area contributed by atoms with Crippen LogP contribution in [0.4, 0.5) is 0 Å². The first kappa shape index (κ1) is 17.0. The van der Waals surface area contributed by atoms with E-state index in [1.54, 1.807) is 6.92 Å². The SMILES string of the molecule is CCCNC(=O)[C@@H](C)NC(=O)COc1ccc(C)c(C)c1. The molecular weight excluding hydrogens is 268 g/mol. The maximum atomic E-state index is 11.7. The normalized spacial score (nSPS) is 11.6. The van der Waals surface area contributed by atoms with Gasteiger partial charge < -0.3 is 15.4 Å². The number of hydrogen-bond acceptors (Lipinski definition) is 3. The first-order valence-corrected chi connectivity index (χ1v) is 7.21. The van der Waals surface area contributed by atoms with E-state index in [2.05, 4.69) is 10.6 Å². The zero-order chi connectivity index (χ0) is 15.8. The number of benzene rings is 1. The van der Waals surface area contributed by atoms with E-state index >= 15 is 0 Å². The summed E-state index contributed by atoms with van der Waals surface area (Å²) in [6.07, 6.45) is 0.863. The Hall–Kier alpha value is -2.04. The van der Waals surface area contributed by atoms with Crippen molar-refractivity contribution >= 4 is 11.8 Å². The lowest BCUT2D eigenvalue weighted by atomic mass is 10.1. The lowest BCUT2D eigenvalue weighted by molar-refractivity contribution is -0.129. The van der Waals surface area contributed by atoms with E-state index in [4.69, 9.17) is 4.74 Å². The van der Waals surface area contributed by atoms with Crippen molar-refractivity contribution in [1.29, 1.82) is 0 Å². The molecule has 0 aliphatic rings. The van der Waals surface area contributed by atoms with Crippen molar-refractivity contribution in [3.63, 3.8) is 0 Å². The van der Waals surface area contributed by atoms with Crippen molar-refractivity contribution in [2.75, 3.05) is 13.2 Å². The summed E-state index contributed by atoms with van der Waals surface area (Å²) in [6, 6.07) is 5.10. The zero-order valence-corrected chi connectivity index (χ0v) is 13.2. The number of amides is 2. The molecule has 0 radical (unpaired) electrons. The summed E-state index contributed by atoms with van der Waals surface area (Å²) >= 11 is 0. The van der Waals surface area contributed by atoms with E-state index in [1.165, 1.54) is 5.56 Å². The van der Waals surface area contributed by atoms with Crippen LogP contribution in [0.5, 0.6) is 5.75 Å². The van der Waals surface area contributed by atoms with Crippen molar-refractivity contribution in [3.05, 3.63) is 29.3 Å². The van der Waals surface area contributed by atoms with E-state index in [0.29, 0.717) is 12.3 Å². The molecule has 0 heterocycles. The van der Waals surface area contributed by atoms with Gasteiger partial charge in [0.15, 0.2) is 6.61 Å². The first-order chi connectivity index (χ1) is 9.93. The highest BCUT2D eigenvalue weighted by Crippen LogP contribution is 2.16. The van der Waals surface area contributed by atoms with Crippen molar-refractivity contribution in [3.8, 4) is 5.75 Å². The average molecular weight is 292 g/mol. The summed E-state index contributed by atoms with van der Waals surface area (Å²) in [7, 11) is 0. The van der Waals surface area contributed by atoms with Crippen molar-refractivity contribution < 1.29 is 14.3 Å². The summed E-state index contributed by atoms with van der Waals surface area (Å²) in [5, 5.41) is 5.34. The number of aryl methyl sites for hydroxylation is 2. The molecule has 1 aromatic carbocycles. The number of rotatable bonds is 7. The van der Waals surface area contributed by atoms with Gasteiger partial charge in [-0.2, -0.15) is 0 Å². The number of carbonyl (C=O) groups is 2. The zero-order valence-electron chi connectivity index (χ0n) is 13.2. The molecule has 5 nitrogen and oxygen atoms in total. The van der Waals surface area contributed by atoms with E-state index in [9.17, 15) is 9.59 Å². The van der Waals surface area contributed by atoms with Crippen LogP contribution in [0.3, 0.4) is 0 Å². The molecule has 21 heavy (non-hydrogen) atoms. The molecule has 1 atom stereocenters. The van der Waals surface area contributed by atoms with Crippen LogP contribution >= 0.6 is 0 Å². The smallest absolute Gasteiger partial charge is 0.258 e. The molecule has 116 valence electrons. The quantitative estimate of drug-likeness (QED) is 0.804. The molecule has 0 aliphatic heterocycles. The van der Waals surface area contributed by atoms with Crippen LogP contribution in [0.2, 0.25) is 0 Å². The Morgan fingerprint density at radius 1 is 1.24 bits per heavy atom. The molecule has 0 bridgehead atoms. The number of nitrogens with one attached hydrogen (secondary N) is 2. The Morgan fingerprint density at radius 3 is 2.57 bits per heavy atom. The molecule has 0 unspecified atom stereocenters. The standard InChI is InChI=1S/C16H24N2O3/c1-5-8-17-16(20)13(4)18-15(19)10-21-14-7-6-11(2)12(3)9-14/h6-7,9,13H,5,8,10H2,1-4H3,(H,17,20)(H,18,19)/t13-/m1/s1. The van der Waals surface area contributed by atoms with Crippen LogP contribution in [-0.4, -0.2) is 31.0 Å². The van der Waals surface area contributed by atoms with E-state index in [1.807, 2.05) is 39.0 Å². The third-order valence-corrected chi connectivity index (χ3v) is 3.17. The molecule has 0 spiro atoms. The van der Waals surface area contributed by atoms with Crippen molar-refractivity contribution in [1.82, 2.24) is 10.6 Å². The van der Waals surface area contributed by atoms with Gasteiger partial charge in [-0.15, -0.1) is 0 Å². The number of carbonyl (C=O) groups excluding carboxylic acids is 2. The van der Waals surface area contributed by atoms with Crippen LogP contribution in [0.15, 0.2) is 18.2 Å². The molecule has 2 amide bonds. The van der Waals surface area contributed by atoms with Crippen LogP contribution in [0.25, 0.3) is 0 Å². The van der Waals surface area contributed by atoms with Gasteiger partial charge in [0, 0.05) is 6.54 Å². The molecule has 1 rings (SSSR count). The summed E-state index contributed by atoms with van der Waals surface area (Å²) < 4.78 is 5.42. The summed E-state index contributed by atoms with van der Waals surface area (Å²) in [5.41, 5.74) is 2.29. The summed E-state index contributed by atoms with van der Waals surface area (Å²) in [5.74, 6) is 0.153. The second-order valence-electron chi connectivity index (χ2n) is 5.11. The predicted octanol–water partition coefficient (Wildman–Crippen LogP) is 1.71. The monoisotopic (exact) mass is 292 g/mol. The fourth-order valence-corrected chi connectivity index (χ4v) is 1.70. The second-order valence-corrected chi connectivity index (χ2v) is 5.11. The fraction of sp³-hybridized carbons (Fsp3) is 0.500. The number of ether oxygens (including phenoxy) is 1.